The number of rotatable bonds is 15. The molecule has 0 aliphatic heterocycles. The number of carbonyl (C=O) groups excluding carboxylic acids is 4. The van der Waals surface area contributed by atoms with Gasteiger partial charge in [0.05, 0.1) is 19.3 Å². The highest BCUT2D eigenvalue weighted by Crippen LogP contribution is 2.05. The number of primary amides is 1. The lowest BCUT2D eigenvalue weighted by Gasteiger charge is -2.24. The van der Waals surface area contributed by atoms with Gasteiger partial charge in [-0.15, -0.1) is 0 Å². The van der Waals surface area contributed by atoms with E-state index in [1.165, 1.54) is 12.5 Å². The molecule has 0 bridgehead atoms. The van der Waals surface area contributed by atoms with Gasteiger partial charge in [-0.25, -0.2) is 9.78 Å². The lowest BCUT2D eigenvalue weighted by atomic mass is 10.1. The van der Waals surface area contributed by atoms with Crippen molar-refractivity contribution in [3.05, 3.63) is 18.2 Å². The number of amides is 4. The second kappa shape index (κ2) is 13.7. The minimum atomic E-state index is -1.55. The van der Waals surface area contributed by atoms with Crippen LogP contribution in [0.5, 0.6) is 0 Å². The smallest absolute Gasteiger partial charge is 0.326 e. The minimum absolute atomic E-state index is 0.0497. The molecule has 11 N–H and O–H groups in total. The van der Waals surface area contributed by atoms with E-state index in [1.807, 2.05) is 0 Å². The Bertz CT molecular complexity index is 784. The highest BCUT2D eigenvalue weighted by atomic mass is 16.4. The molecule has 0 radical (unpaired) electrons. The fraction of sp³-hybridized carbons (Fsp3) is 0.556. The Hall–Kier alpha value is -3.52. The topological polar surface area (TPSA) is 248 Å². The first kappa shape index (κ1) is 26.5. The van der Waals surface area contributed by atoms with Gasteiger partial charge in [0.15, 0.2) is 0 Å². The first-order chi connectivity index (χ1) is 15.2. The van der Waals surface area contributed by atoms with Crippen LogP contribution in [0.1, 0.15) is 31.4 Å². The molecular weight excluding hydrogens is 424 g/mol. The third-order valence-electron chi connectivity index (χ3n) is 4.42. The summed E-state index contributed by atoms with van der Waals surface area (Å²) < 4.78 is 0. The van der Waals surface area contributed by atoms with Gasteiger partial charge in [0.1, 0.15) is 18.1 Å². The van der Waals surface area contributed by atoms with Crippen molar-refractivity contribution in [2.75, 3.05) is 13.1 Å². The van der Waals surface area contributed by atoms with Crippen LogP contribution in [0.2, 0.25) is 0 Å². The Kier molecular flexibility index (Phi) is 11.4. The highest BCUT2D eigenvalue weighted by molar-refractivity contribution is 5.94. The molecule has 0 saturated heterocycles. The number of H-pyrrole nitrogens is 1. The number of carbonyl (C=O) groups is 5. The number of unbranched alkanes of at least 4 members (excludes halogenated alkanes) is 1. The van der Waals surface area contributed by atoms with Crippen molar-refractivity contribution in [2.24, 2.45) is 17.2 Å². The van der Waals surface area contributed by atoms with Crippen molar-refractivity contribution in [3.63, 3.8) is 0 Å². The summed E-state index contributed by atoms with van der Waals surface area (Å²) in [5.74, 6) is -4.44. The second-order valence-electron chi connectivity index (χ2n) is 7.02. The average Bonchev–Trinajstić information content (AvgIpc) is 3.24. The van der Waals surface area contributed by atoms with Crippen LogP contribution in [0.15, 0.2) is 12.5 Å². The fourth-order valence-corrected chi connectivity index (χ4v) is 2.79. The summed E-state index contributed by atoms with van der Waals surface area (Å²) in [7, 11) is 0. The van der Waals surface area contributed by atoms with Crippen LogP contribution in [0, 0.1) is 0 Å². The first-order valence-electron chi connectivity index (χ1n) is 9.96. The maximum absolute atomic E-state index is 12.9. The van der Waals surface area contributed by atoms with E-state index in [0.717, 1.165) is 0 Å². The third-order valence-corrected chi connectivity index (χ3v) is 4.42. The second-order valence-corrected chi connectivity index (χ2v) is 7.02. The molecule has 1 aromatic rings. The van der Waals surface area contributed by atoms with E-state index in [0.29, 0.717) is 25.1 Å². The largest absolute Gasteiger partial charge is 0.480 e. The van der Waals surface area contributed by atoms with Gasteiger partial charge in [0.2, 0.25) is 23.6 Å². The van der Waals surface area contributed by atoms with E-state index in [-0.39, 0.29) is 19.4 Å². The quantitative estimate of drug-likeness (QED) is 0.122. The van der Waals surface area contributed by atoms with E-state index in [1.54, 1.807) is 0 Å². The number of nitrogens with one attached hydrogen (secondary N) is 4. The Morgan fingerprint density at radius 2 is 1.66 bits per heavy atom. The van der Waals surface area contributed by atoms with E-state index in [4.69, 9.17) is 17.2 Å². The summed E-state index contributed by atoms with van der Waals surface area (Å²) >= 11 is 0. The maximum atomic E-state index is 12.9. The van der Waals surface area contributed by atoms with Crippen LogP contribution in [0.4, 0.5) is 0 Å². The van der Waals surface area contributed by atoms with E-state index < -0.39 is 54.1 Å². The van der Waals surface area contributed by atoms with Crippen molar-refractivity contribution in [2.45, 2.75) is 50.2 Å². The van der Waals surface area contributed by atoms with Gasteiger partial charge < -0.3 is 43.2 Å². The molecule has 0 spiro atoms. The molecule has 0 aliphatic carbocycles. The number of imidazole rings is 1. The number of hydrogen-bond acceptors (Lipinski definition) is 8. The first-order valence-corrected chi connectivity index (χ1v) is 9.96. The van der Waals surface area contributed by atoms with E-state index >= 15 is 0 Å². The molecule has 1 aromatic heterocycles. The zero-order chi connectivity index (χ0) is 24.1. The molecule has 0 saturated carbocycles. The average molecular weight is 454 g/mol. The van der Waals surface area contributed by atoms with Gasteiger partial charge >= 0.3 is 5.97 Å². The van der Waals surface area contributed by atoms with E-state index in [9.17, 15) is 29.1 Å². The van der Waals surface area contributed by atoms with Gasteiger partial charge in [-0.3, -0.25) is 19.2 Å². The van der Waals surface area contributed by atoms with Crippen LogP contribution < -0.4 is 33.2 Å². The van der Waals surface area contributed by atoms with Crippen LogP contribution in [-0.2, 0) is 30.4 Å². The number of aliphatic carboxylic acids is 1. The van der Waals surface area contributed by atoms with Crippen LogP contribution in [0.25, 0.3) is 0 Å². The van der Waals surface area contributed by atoms with Gasteiger partial charge in [-0.05, 0) is 25.8 Å². The monoisotopic (exact) mass is 454 g/mol. The molecule has 0 aromatic carbocycles. The van der Waals surface area contributed by atoms with Crippen molar-refractivity contribution < 1.29 is 29.1 Å². The number of carboxylic acids is 1. The van der Waals surface area contributed by atoms with Crippen molar-refractivity contribution >= 4 is 29.6 Å². The zero-order valence-electron chi connectivity index (χ0n) is 17.5. The fourth-order valence-electron chi connectivity index (χ4n) is 2.79. The molecule has 4 amide bonds. The predicted octanol–water partition coefficient (Wildman–Crippen LogP) is -3.55. The number of aromatic nitrogens is 2. The normalized spacial score (nSPS) is 13.4. The molecule has 3 atom stereocenters. The molecular formula is C18H30N8O6. The summed E-state index contributed by atoms with van der Waals surface area (Å²) in [5, 5.41) is 16.4. The molecule has 1 rings (SSSR count). The van der Waals surface area contributed by atoms with Crippen LogP contribution >= 0.6 is 0 Å². The van der Waals surface area contributed by atoms with Crippen LogP contribution in [-0.4, -0.2) is 75.9 Å². The van der Waals surface area contributed by atoms with Crippen molar-refractivity contribution in [3.8, 4) is 0 Å². The number of carboxylic acid groups (broad SMARTS) is 1. The summed E-state index contributed by atoms with van der Waals surface area (Å²) in [4.78, 5) is 66.4. The van der Waals surface area contributed by atoms with E-state index in [2.05, 4.69) is 25.9 Å². The van der Waals surface area contributed by atoms with Gasteiger partial charge in [0.25, 0.3) is 0 Å². The maximum Gasteiger partial charge on any atom is 0.326 e. The SMILES string of the molecule is NCCCCC(NC(=O)C(Cc1cnc[nH]1)NC(=O)CN)C(=O)NC(CC(N)=O)C(=O)O. The molecule has 3 unspecified atom stereocenters. The minimum Gasteiger partial charge on any atom is -0.480 e. The highest BCUT2D eigenvalue weighted by Gasteiger charge is 2.30. The number of nitrogens with two attached hydrogens (primary N) is 3. The van der Waals surface area contributed by atoms with Crippen molar-refractivity contribution in [1.29, 1.82) is 0 Å². The molecule has 14 nitrogen and oxygen atoms in total. The van der Waals surface area contributed by atoms with Gasteiger partial charge in [0, 0.05) is 18.3 Å². The predicted molar refractivity (Wildman–Crippen MR) is 111 cm³/mol. The molecule has 178 valence electrons. The lowest BCUT2D eigenvalue weighted by molar-refractivity contribution is -0.143. The zero-order valence-corrected chi connectivity index (χ0v) is 17.5. The Morgan fingerprint density at radius 1 is 1.00 bits per heavy atom. The number of nitrogens with zero attached hydrogens (tertiary/aromatic N) is 1. The summed E-state index contributed by atoms with van der Waals surface area (Å²) in [5.41, 5.74) is 16.4. The number of aromatic amines is 1. The standard InChI is InChI=1S/C18H30N8O6/c19-4-2-1-3-11(16(29)26-13(18(31)32)6-14(21)27)25-17(30)12(24-15(28)7-20)5-10-8-22-9-23-10/h8-9,11-13H,1-7,19-20H2,(H2,21,27)(H,22,23)(H,24,28)(H,25,30)(H,26,29)(H,31,32). The Labute approximate surface area is 184 Å². The molecule has 0 fully saturated rings. The summed E-state index contributed by atoms with van der Waals surface area (Å²) in [6, 6.07) is -3.76. The summed E-state index contributed by atoms with van der Waals surface area (Å²) in [6.45, 7) is 0.0112. The molecule has 1 heterocycles. The molecule has 32 heavy (non-hydrogen) atoms. The number of hydrogen-bond donors (Lipinski definition) is 8. The summed E-state index contributed by atoms with van der Waals surface area (Å²) in [6.07, 6.45) is 3.49. The van der Waals surface area contributed by atoms with Crippen molar-refractivity contribution in [1.82, 2.24) is 25.9 Å². The molecule has 14 heteroatoms. The van der Waals surface area contributed by atoms with Crippen LogP contribution in [0.3, 0.4) is 0 Å². The van der Waals surface area contributed by atoms with Gasteiger partial charge in [-0.2, -0.15) is 0 Å². The third kappa shape index (κ3) is 9.53. The Balaban J connectivity index is 2.97. The Morgan fingerprint density at radius 3 is 2.19 bits per heavy atom. The molecule has 0 aliphatic rings. The lowest BCUT2D eigenvalue weighted by Crippen LogP contribution is -2.57. The van der Waals surface area contributed by atoms with Gasteiger partial charge in [-0.1, -0.05) is 0 Å².